The maximum atomic E-state index is 12.9. The molecule has 0 aromatic heterocycles. The summed E-state index contributed by atoms with van der Waals surface area (Å²) in [5.74, 6) is 0.277. The van der Waals surface area contributed by atoms with Gasteiger partial charge in [0.1, 0.15) is 6.04 Å². The van der Waals surface area contributed by atoms with E-state index >= 15 is 0 Å². The third kappa shape index (κ3) is 8.60. The van der Waals surface area contributed by atoms with E-state index in [1.165, 1.54) is 6.08 Å². The van der Waals surface area contributed by atoms with Gasteiger partial charge in [0.15, 0.2) is 0 Å². The van der Waals surface area contributed by atoms with Gasteiger partial charge >= 0.3 is 0 Å². The average Bonchev–Trinajstić information content (AvgIpc) is 2.77. The molecule has 32 heavy (non-hydrogen) atoms. The summed E-state index contributed by atoms with van der Waals surface area (Å²) in [4.78, 5) is 14.9. The Labute approximate surface area is 200 Å². The fourth-order valence-corrected chi connectivity index (χ4v) is 4.86. The number of sulfonamides is 1. The molecule has 2 unspecified atom stereocenters. The van der Waals surface area contributed by atoms with E-state index in [9.17, 15) is 13.2 Å². The number of benzene rings is 2. The lowest BCUT2D eigenvalue weighted by Gasteiger charge is -2.27. The fourth-order valence-electron chi connectivity index (χ4n) is 3.09. The third-order valence-corrected chi connectivity index (χ3v) is 6.93. The predicted octanol–water partition coefficient (Wildman–Crippen LogP) is 3.77. The van der Waals surface area contributed by atoms with Crippen molar-refractivity contribution in [2.45, 2.75) is 18.5 Å². The molecular formula is C23H30ClN3O3S2. The number of thioether (sulfide) groups is 1. The van der Waals surface area contributed by atoms with Crippen LogP contribution in [0.5, 0.6) is 0 Å². The van der Waals surface area contributed by atoms with E-state index in [2.05, 4.69) is 10.0 Å². The Hall–Kier alpha value is -1.84. The molecule has 9 heteroatoms. The van der Waals surface area contributed by atoms with E-state index in [1.54, 1.807) is 23.9 Å². The van der Waals surface area contributed by atoms with Crippen LogP contribution in [0, 0.1) is 0 Å². The molecule has 174 valence electrons. The van der Waals surface area contributed by atoms with Gasteiger partial charge in [-0.2, -0.15) is 16.5 Å². The van der Waals surface area contributed by atoms with E-state index in [1.807, 2.05) is 67.7 Å². The zero-order chi connectivity index (χ0) is 23.6. The normalized spacial score (nSPS) is 13.9. The number of nitrogens with one attached hydrogen (secondary N) is 2. The Balaban J connectivity index is 2.09. The molecule has 0 heterocycles. The number of rotatable bonds is 12. The molecule has 2 aromatic rings. The number of carbonyl (C=O) groups excluding carboxylic acids is 1. The summed E-state index contributed by atoms with van der Waals surface area (Å²) in [6, 6.07) is 15.6. The summed E-state index contributed by atoms with van der Waals surface area (Å²) in [6.45, 7) is 0.299. The van der Waals surface area contributed by atoms with Crippen molar-refractivity contribution in [3.63, 3.8) is 0 Å². The minimum atomic E-state index is -3.80. The minimum Gasteiger partial charge on any atom is -0.353 e. The highest BCUT2D eigenvalue weighted by atomic mass is 35.5. The molecule has 2 aromatic carbocycles. The van der Waals surface area contributed by atoms with Crippen LogP contribution in [-0.2, 0) is 14.8 Å². The molecule has 1 amide bonds. The molecule has 2 N–H and O–H groups in total. The first-order valence-electron chi connectivity index (χ1n) is 10.2. The zero-order valence-electron chi connectivity index (χ0n) is 18.5. The van der Waals surface area contributed by atoms with Gasteiger partial charge in [-0.15, -0.1) is 0 Å². The average molecular weight is 496 g/mol. The Morgan fingerprint density at radius 3 is 2.41 bits per heavy atom. The summed E-state index contributed by atoms with van der Waals surface area (Å²) in [5.41, 5.74) is 1.66. The van der Waals surface area contributed by atoms with Crippen molar-refractivity contribution in [3.05, 3.63) is 76.2 Å². The lowest BCUT2D eigenvalue weighted by molar-refractivity contribution is -0.123. The monoisotopic (exact) mass is 495 g/mol. The summed E-state index contributed by atoms with van der Waals surface area (Å²) >= 11 is 7.89. The summed E-state index contributed by atoms with van der Waals surface area (Å²) in [7, 11) is 0.0100. The SMILES string of the molecule is CSCCC(NS(=O)(=O)/C=C/c1ccccc1)C(=O)NCC(c1ccccc1Cl)N(C)C. The van der Waals surface area contributed by atoms with E-state index in [0.717, 1.165) is 16.5 Å². The number of amides is 1. The molecule has 0 saturated carbocycles. The van der Waals surface area contributed by atoms with Gasteiger partial charge in [0.05, 0.1) is 6.04 Å². The topological polar surface area (TPSA) is 78.5 Å². The van der Waals surface area contributed by atoms with E-state index in [0.29, 0.717) is 23.7 Å². The maximum Gasteiger partial charge on any atom is 0.238 e. The molecule has 0 aliphatic heterocycles. The highest BCUT2D eigenvalue weighted by Gasteiger charge is 2.25. The first-order valence-corrected chi connectivity index (χ1v) is 13.5. The van der Waals surface area contributed by atoms with Gasteiger partial charge in [-0.05, 0) is 55.8 Å². The van der Waals surface area contributed by atoms with Crippen LogP contribution in [0.25, 0.3) is 6.08 Å². The van der Waals surface area contributed by atoms with Crippen molar-refractivity contribution in [2.24, 2.45) is 0 Å². The second-order valence-electron chi connectivity index (χ2n) is 7.46. The van der Waals surface area contributed by atoms with Gasteiger partial charge in [0.25, 0.3) is 0 Å². The summed E-state index contributed by atoms with van der Waals surface area (Å²) in [5, 5.41) is 4.60. The Bertz CT molecular complexity index is 999. The van der Waals surface area contributed by atoms with Gasteiger partial charge < -0.3 is 10.2 Å². The Morgan fingerprint density at radius 2 is 1.78 bits per heavy atom. The molecule has 0 spiro atoms. The van der Waals surface area contributed by atoms with Crippen LogP contribution in [0.1, 0.15) is 23.6 Å². The summed E-state index contributed by atoms with van der Waals surface area (Å²) in [6.07, 6.45) is 3.80. The number of nitrogens with zero attached hydrogens (tertiary/aromatic N) is 1. The predicted molar refractivity (Wildman–Crippen MR) is 135 cm³/mol. The first kappa shape index (κ1) is 26.4. The van der Waals surface area contributed by atoms with Gasteiger partial charge in [-0.25, -0.2) is 8.42 Å². The molecule has 0 radical (unpaired) electrons. The molecule has 2 atom stereocenters. The standard InChI is InChI=1S/C23H30ClN3O3S2/c1-27(2)22(19-11-7-8-12-20(19)24)17-25-23(28)21(13-15-31-3)26-32(29,30)16-14-18-9-5-4-6-10-18/h4-12,14,16,21-22,26H,13,15,17H2,1-3H3,(H,25,28)/b16-14+. The highest BCUT2D eigenvalue weighted by molar-refractivity contribution is 7.98. The van der Waals surface area contributed by atoms with Gasteiger partial charge in [0.2, 0.25) is 15.9 Å². The number of hydrogen-bond donors (Lipinski definition) is 2. The Morgan fingerprint density at radius 1 is 1.12 bits per heavy atom. The van der Waals surface area contributed by atoms with Crippen LogP contribution in [0.4, 0.5) is 0 Å². The van der Waals surface area contributed by atoms with Gasteiger partial charge in [0, 0.05) is 17.0 Å². The van der Waals surface area contributed by atoms with Crippen LogP contribution >= 0.6 is 23.4 Å². The van der Waals surface area contributed by atoms with Crippen molar-refractivity contribution in [1.29, 1.82) is 0 Å². The quantitative estimate of drug-likeness (QED) is 0.468. The maximum absolute atomic E-state index is 12.9. The van der Waals surface area contributed by atoms with Crippen LogP contribution in [0.3, 0.4) is 0 Å². The molecule has 0 bridgehead atoms. The molecule has 0 aliphatic rings. The number of carbonyl (C=O) groups is 1. The van der Waals surface area contributed by atoms with Crippen LogP contribution in [0.2, 0.25) is 5.02 Å². The first-order chi connectivity index (χ1) is 15.2. The molecular weight excluding hydrogens is 466 g/mol. The lowest BCUT2D eigenvalue weighted by atomic mass is 10.1. The second kappa shape index (κ2) is 13.0. The zero-order valence-corrected chi connectivity index (χ0v) is 20.9. The largest absolute Gasteiger partial charge is 0.353 e. The van der Waals surface area contributed by atoms with E-state index < -0.39 is 16.1 Å². The van der Waals surface area contributed by atoms with Crippen molar-refractivity contribution < 1.29 is 13.2 Å². The number of halogens is 1. The molecule has 2 rings (SSSR count). The van der Waals surface area contributed by atoms with Gasteiger partial charge in [-0.3, -0.25) is 4.79 Å². The van der Waals surface area contributed by atoms with E-state index in [4.69, 9.17) is 11.6 Å². The van der Waals surface area contributed by atoms with Crippen molar-refractivity contribution in [1.82, 2.24) is 14.9 Å². The van der Waals surface area contributed by atoms with Crippen molar-refractivity contribution in [3.8, 4) is 0 Å². The molecule has 0 aliphatic carbocycles. The third-order valence-electron chi connectivity index (χ3n) is 4.83. The smallest absolute Gasteiger partial charge is 0.238 e. The fraction of sp³-hybridized carbons (Fsp3) is 0.348. The molecule has 0 fully saturated rings. The summed E-state index contributed by atoms with van der Waals surface area (Å²) < 4.78 is 27.7. The van der Waals surface area contributed by atoms with Crippen molar-refractivity contribution in [2.75, 3.05) is 32.6 Å². The van der Waals surface area contributed by atoms with Crippen LogP contribution in [0.15, 0.2) is 60.0 Å². The van der Waals surface area contributed by atoms with Crippen LogP contribution < -0.4 is 10.0 Å². The molecule has 6 nitrogen and oxygen atoms in total. The Kier molecular flexibility index (Phi) is 10.7. The minimum absolute atomic E-state index is 0.150. The van der Waals surface area contributed by atoms with Crippen LogP contribution in [-0.4, -0.2) is 57.9 Å². The van der Waals surface area contributed by atoms with E-state index in [-0.39, 0.29) is 11.9 Å². The highest BCUT2D eigenvalue weighted by Crippen LogP contribution is 2.25. The lowest BCUT2D eigenvalue weighted by Crippen LogP contribution is -2.48. The second-order valence-corrected chi connectivity index (χ2v) is 10.4. The molecule has 0 saturated heterocycles. The van der Waals surface area contributed by atoms with Gasteiger partial charge in [-0.1, -0.05) is 60.1 Å². The van der Waals surface area contributed by atoms with Crippen molar-refractivity contribution >= 4 is 45.4 Å². The number of likely N-dealkylation sites (N-methyl/N-ethyl adjacent to an activating group) is 1. The number of hydrogen-bond acceptors (Lipinski definition) is 5.